The monoisotopic (exact) mass is 495 g/mol. The van der Waals surface area contributed by atoms with Gasteiger partial charge in [-0.3, -0.25) is 4.98 Å². The Morgan fingerprint density at radius 1 is 1.09 bits per heavy atom. The number of ether oxygens (including phenoxy) is 1. The van der Waals surface area contributed by atoms with Crippen molar-refractivity contribution in [3.63, 3.8) is 0 Å². The quantitative estimate of drug-likeness (QED) is 0.490. The Hall–Kier alpha value is -3.23. The van der Waals surface area contributed by atoms with Gasteiger partial charge in [-0.05, 0) is 12.1 Å². The molecule has 1 atom stereocenters. The number of imidazole rings is 1. The van der Waals surface area contributed by atoms with Crippen LogP contribution in [0.1, 0.15) is 18.1 Å². The maximum atomic E-state index is 13.4. The zero-order valence-corrected chi connectivity index (χ0v) is 18.0. The lowest BCUT2D eigenvalue weighted by Crippen LogP contribution is -2.14. The molecule has 33 heavy (non-hydrogen) atoms. The third kappa shape index (κ3) is 4.62. The fraction of sp³-hybridized carbons (Fsp3) is 0.333. The fourth-order valence-electron chi connectivity index (χ4n) is 2.88. The maximum absolute atomic E-state index is 13.4. The van der Waals surface area contributed by atoms with Gasteiger partial charge in [0, 0.05) is 25.2 Å². The van der Waals surface area contributed by atoms with Crippen LogP contribution in [0, 0.1) is 0 Å². The number of nitrogens with zero attached hydrogens (tertiary/aromatic N) is 5. The molecule has 0 aromatic carbocycles. The van der Waals surface area contributed by atoms with Crippen LogP contribution in [0.2, 0.25) is 0 Å². The summed E-state index contributed by atoms with van der Waals surface area (Å²) in [6.45, 7) is 1.32. The van der Waals surface area contributed by atoms with Gasteiger partial charge in [0.2, 0.25) is 0 Å². The molecule has 0 spiro atoms. The van der Waals surface area contributed by atoms with E-state index in [0.29, 0.717) is 24.5 Å². The summed E-state index contributed by atoms with van der Waals surface area (Å²) in [7, 11) is -1.54. The van der Waals surface area contributed by atoms with Crippen LogP contribution in [-0.4, -0.2) is 42.7 Å². The lowest BCUT2D eigenvalue weighted by atomic mass is 10.2. The van der Waals surface area contributed by atoms with E-state index >= 15 is 0 Å². The molecule has 0 aliphatic rings. The van der Waals surface area contributed by atoms with Crippen molar-refractivity contribution in [2.45, 2.75) is 24.2 Å². The first-order chi connectivity index (χ1) is 15.2. The summed E-state index contributed by atoms with van der Waals surface area (Å²) in [6, 6.07) is 1.24. The molecule has 0 radical (unpaired) electrons. The average Bonchev–Trinajstić information content (AvgIpc) is 3.07. The zero-order chi connectivity index (χ0) is 24.8. The molecule has 8 nitrogen and oxygen atoms in total. The minimum absolute atomic E-state index is 0.0291. The van der Waals surface area contributed by atoms with E-state index in [4.69, 9.17) is 0 Å². The van der Waals surface area contributed by atoms with Crippen LogP contribution in [0.4, 0.5) is 31.1 Å². The molecule has 0 fully saturated rings. The Morgan fingerprint density at radius 3 is 2.21 bits per heavy atom. The maximum Gasteiger partial charge on any atom is 0.441 e. The number of carbonyl (C=O) groups is 1. The fourth-order valence-corrected chi connectivity index (χ4v) is 4.49. The molecule has 3 rings (SSSR count). The molecule has 3 aromatic heterocycles. The number of rotatable bonds is 3. The van der Waals surface area contributed by atoms with E-state index in [1.54, 1.807) is 0 Å². The van der Waals surface area contributed by atoms with Gasteiger partial charge in [-0.15, -0.1) is 4.36 Å². The summed E-state index contributed by atoms with van der Waals surface area (Å²) in [6.07, 6.45) is -9.81. The Morgan fingerprint density at radius 2 is 1.67 bits per heavy atom. The number of hydrogen-bond acceptors (Lipinski definition) is 6. The second-order valence-electron chi connectivity index (χ2n) is 6.62. The topological polar surface area (TPSA) is 99.3 Å². The molecule has 0 saturated heterocycles. The SMILES string of the molecule is CCS(=O)(=NC(=O)OC)c1cc(C(F)(F)F)cnc1-c1nc2cc(C(F)(F)F)cnc2n1C. The summed E-state index contributed by atoms with van der Waals surface area (Å²) in [5.41, 5.74) is -2.96. The molecular weight excluding hydrogens is 480 g/mol. The smallest absolute Gasteiger partial charge is 0.441 e. The largest absolute Gasteiger partial charge is 0.451 e. The molecule has 15 heteroatoms. The third-order valence-electron chi connectivity index (χ3n) is 4.56. The van der Waals surface area contributed by atoms with E-state index in [1.165, 1.54) is 18.5 Å². The minimum Gasteiger partial charge on any atom is -0.451 e. The zero-order valence-electron chi connectivity index (χ0n) is 17.2. The predicted molar refractivity (Wildman–Crippen MR) is 104 cm³/mol. The number of hydrogen-bond donors (Lipinski definition) is 0. The van der Waals surface area contributed by atoms with Crippen molar-refractivity contribution in [3.8, 4) is 11.5 Å². The lowest BCUT2D eigenvalue weighted by Gasteiger charge is -2.15. The van der Waals surface area contributed by atoms with Gasteiger partial charge in [0.1, 0.15) is 11.2 Å². The molecule has 0 saturated carbocycles. The first-order valence-electron chi connectivity index (χ1n) is 9.01. The molecule has 0 aliphatic heterocycles. The standard InChI is InChI=1S/C18H15F6N5O3S/c1-4-33(31,28-16(30)32-3)12-6-10(18(22,23)24)7-25-13(12)15-27-11-5-9(17(19,20)21)8-26-14(11)29(15)2/h5-8H,4H2,1-3H3. The molecule has 178 valence electrons. The number of aryl methyl sites for hydroxylation is 1. The van der Waals surface area contributed by atoms with Gasteiger partial charge >= 0.3 is 18.4 Å². The Kier molecular flexibility index (Phi) is 6.12. The summed E-state index contributed by atoms with van der Waals surface area (Å²) >= 11 is 0. The molecule has 3 heterocycles. The number of methoxy groups -OCH3 is 1. The van der Waals surface area contributed by atoms with E-state index in [0.717, 1.165) is 7.11 Å². The van der Waals surface area contributed by atoms with Crippen LogP contribution in [-0.2, 0) is 33.9 Å². The highest BCUT2D eigenvalue weighted by molar-refractivity contribution is 7.94. The van der Waals surface area contributed by atoms with Gasteiger partial charge in [0.15, 0.2) is 11.5 Å². The number of alkyl halides is 6. The van der Waals surface area contributed by atoms with Crippen LogP contribution in [0.5, 0.6) is 0 Å². The third-order valence-corrected chi connectivity index (χ3v) is 6.78. The summed E-state index contributed by atoms with van der Waals surface area (Å²) in [4.78, 5) is 22.6. The van der Waals surface area contributed by atoms with Crippen molar-refractivity contribution >= 4 is 27.0 Å². The van der Waals surface area contributed by atoms with Crippen LogP contribution in [0.3, 0.4) is 0 Å². The number of fused-ring (bicyclic) bond motifs is 1. The molecule has 1 unspecified atom stereocenters. The van der Waals surface area contributed by atoms with Gasteiger partial charge in [-0.2, -0.15) is 26.3 Å². The molecule has 1 amide bonds. The van der Waals surface area contributed by atoms with Gasteiger partial charge in [0.05, 0.1) is 32.9 Å². The first-order valence-corrected chi connectivity index (χ1v) is 10.7. The molecular formula is C18H15F6N5O3S. The number of carbonyl (C=O) groups excluding carboxylic acids is 1. The predicted octanol–water partition coefficient (Wildman–Crippen LogP) is 4.68. The number of halogens is 6. The Balaban J connectivity index is 2.37. The average molecular weight is 495 g/mol. The van der Waals surface area contributed by atoms with Crippen LogP contribution < -0.4 is 0 Å². The van der Waals surface area contributed by atoms with Crippen molar-refractivity contribution in [1.82, 2.24) is 19.5 Å². The van der Waals surface area contributed by atoms with Crippen molar-refractivity contribution in [3.05, 3.63) is 35.7 Å². The van der Waals surface area contributed by atoms with Crippen LogP contribution >= 0.6 is 0 Å². The van der Waals surface area contributed by atoms with Crippen molar-refractivity contribution in [2.24, 2.45) is 11.4 Å². The van der Waals surface area contributed by atoms with E-state index in [2.05, 4.69) is 24.1 Å². The Bertz CT molecular complexity index is 1360. The second kappa shape index (κ2) is 8.28. The number of aromatic nitrogens is 4. The van der Waals surface area contributed by atoms with Gasteiger partial charge in [-0.1, -0.05) is 6.92 Å². The molecule has 0 N–H and O–H groups in total. The van der Waals surface area contributed by atoms with Gasteiger partial charge < -0.3 is 9.30 Å². The van der Waals surface area contributed by atoms with Crippen molar-refractivity contribution in [2.75, 3.05) is 12.9 Å². The summed E-state index contributed by atoms with van der Waals surface area (Å²) in [5.74, 6) is -0.611. The highest BCUT2D eigenvalue weighted by Crippen LogP contribution is 2.36. The van der Waals surface area contributed by atoms with Crippen LogP contribution in [0.25, 0.3) is 22.7 Å². The van der Waals surface area contributed by atoms with E-state index < -0.39 is 50.0 Å². The highest BCUT2D eigenvalue weighted by atomic mass is 32.2. The van der Waals surface area contributed by atoms with Crippen molar-refractivity contribution < 1.29 is 40.1 Å². The van der Waals surface area contributed by atoms with Crippen LogP contribution in [0.15, 0.2) is 33.8 Å². The second-order valence-corrected chi connectivity index (χ2v) is 9.10. The Labute approximate surface area is 182 Å². The van der Waals surface area contributed by atoms with E-state index in [1.807, 2.05) is 0 Å². The van der Waals surface area contributed by atoms with E-state index in [-0.39, 0.29) is 22.7 Å². The number of pyridine rings is 2. The molecule has 0 aliphatic carbocycles. The molecule has 0 bridgehead atoms. The van der Waals surface area contributed by atoms with Gasteiger partial charge in [0.25, 0.3) is 0 Å². The first kappa shape index (κ1) is 24.4. The summed E-state index contributed by atoms with van der Waals surface area (Å²) < 4.78 is 102. The normalized spacial score (nSPS) is 14.2. The summed E-state index contributed by atoms with van der Waals surface area (Å²) in [5, 5.41) is 0. The lowest BCUT2D eigenvalue weighted by molar-refractivity contribution is -0.138. The van der Waals surface area contributed by atoms with Crippen molar-refractivity contribution in [1.29, 1.82) is 0 Å². The highest BCUT2D eigenvalue weighted by Gasteiger charge is 2.35. The number of amides is 1. The molecule has 3 aromatic rings. The van der Waals surface area contributed by atoms with E-state index in [9.17, 15) is 35.3 Å². The minimum atomic E-state index is -4.87. The van der Waals surface area contributed by atoms with Gasteiger partial charge in [-0.25, -0.2) is 19.0 Å².